The number of ether oxygens (including phenoxy) is 2. The summed E-state index contributed by atoms with van der Waals surface area (Å²) in [7, 11) is 2.39. The van der Waals surface area contributed by atoms with Crippen LogP contribution in [0.1, 0.15) is 11.5 Å². The van der Waals surface area contributed by atoms with Gasteiger partial charge >= 0.3 is 11.9 Å². The van der Waals surface area contributed by atoms with Gasteiger partial charge in [0.25, 0.3) is 0 Å². The molecule has 2 N–H and O–H groups in total. The zero-order valence-corrected chi connectivity index (χ0v) is 18.9. The first-order valence-corrected chi connectivity index (χ1v) is 10.1. The van der Waals surface area contributed by atoms with Gasteiger partial charge in [-0.2, -0.15) is 5.26 Å². The van der Waals surface area contributed by atoms with Gasteiger partial charge in [0.15, 0.2) is 0 Å². The minimum absolute atomic E-state index is 0.0152. The second-order valence-electron chi connectivity index (χ2n) is 6.43. The third kappa shape index (κ3) is 4.02. The number of anilines is 1. The Hall–Kier alpha value is -3.28. The molecule has 0 fully saturated rings. The van der Waals surface area contributed by atoms with Crippen LogP contribution in [0.25, 0.3) is 0 Å². The number of rotatable bonds is 4. The van der Waals surface area contributed by atoms with Crippen LogP contribution in [-0.2, 0) is 19.1 Å². The number of benzene rings is 2. The zero-order valence-electron chi connectivity index (χ0n) is 16.6. The highest BCUT2D eigenvalue weighted by atomic mass is 79.9. The van der Waals surface area contributed by atoms with Gasteiger partial charge in [0.05, 0.1) is 42.4 Å². The molecule has 1 aliphatic heterocycles. The van der Waals surface area contributed by atoms with Crippen molar-refractivity contribution in [1.29, 1.82) is 5.26 Å². The van der Waals surface area contributed by atoms with E-state index in [1.54, 1.807) is 48.5 Å². The molecule has 1 unspecified atom stereocenters. The molecule has 0 saturated heterocycles. The predicted molar refractivity (Wildman–Crippen MR) is 119 cm³/mol. The Morgan fingerprint density at radius 3 is 2.32 bits per heavy atom. The fourth-order valence-corrected chi connectivity index (χ4v) is 3.89. The van der Waals surface area contributed by atoms with Gasteiger partial charge < -0.3 is 15.2 Å². The highest BCUT2D eigenvalue weighted by molar-refractivity contribution is 9.10. The van der Waals surface area contributed by atoms with Crippen molar-refractivity contribution in [3.8, 4) is 6.07 Å². The summed E-state index contributed by atoms with van der Waals surface area (Å²) in [6, 6.07) is 15.7. The Labute approximate surface area is 192 Å². The number of halogens is 2. The van der Waals surface area contributed by atoms with Crippen molar-refractivity contribution in [2.45, 2.75) is 5.92 Å². The molecule has 0 spiro atoms. The summed E-state index contributed by atoms with van der Waals surface area (Å²) >= 11 is 9.44. The smallest absolute Gasteiger partial charge is 0.355 e. The van der Waals surface area contributed by atoms with Crippen molar-refractivity contribution in [3.63, 3.8) is 0 Å². The standard InChI is InChI=1S/C22H17BrClN3O4/c1-30-21(28)18-17(12-6-4-3-5-7-12)14(11-25)20(26)27(19(18)22(29)31-2)13-8-9-16(24)15(23)10-13/h3-10,17H,26H2,1-2H3. The number of nitriles is 1. The summed E-state index contributed by atoms with van der Waals surface area (Å²) in [4.78, 5) is 27.2. The molecule has 31 heavy (non-hydrogen) atoms. The number of methoxy groups -OCH3 is 2. The minimum Gasteiger partial charge on any atom is -0.466 e. The summed E-state index contributed by atoms with van der Waals surface area (Å²) in [5, 5.41) is 10.4. The van der Waals surface area contributed by atoms with Gasteiger partial charge in [-0.15, -0.1) is 0 Å². The van der Waals surface area contributed by atoms with Gasteiger partial charge in [0.1, 0.15) is 11.5 Å². The first-order chi connectivity index (χ1) is 14.8. The Bertz CT molecular complexity index is 1160. The molecule has 1 aliphatic rings. The topological polar surface area (TPSA) is 106 Å². The molecule has 158 valence electrons. The van der Waals surface area contributed by atoms with Crippen LogP contribution in [0.5, 0.6) is 0 Å². The summed E-state index contributed by atoms with van der Waals surface area (Å²) in [6.45, 7) is 0. The molecule has 1 heterocycles. The molecule has 0 aliphatic carbocycles. The predicted octanol–water partition coefficient (Wildman–Crippen LogP) is 4.00. The van der Waals surface area contributed by atoms with E-state index in [0.29, 0.717) is 20.7 Å². The van der Waals surface area contributed by atoms with E-state index in [0.717, 1.165) is 0 Å². The number of nitrogens with two attached hydrogens (primary N) is 1. The molecule has 7 nitrogen and oxygen atoms in total. The van der Waals surface area contributed by atoms with E-state index >= 15 is 0 Å². The van der Waals surface area contributed by atoms with Crippen LogP contribution in [0.4, 0.5) is 5.69 Å². The fourth-order valence-electron chi connectivity index (χ4n) is 3.41. The maximum atomic E-state index is 12.9. The highest BCUT2D eigenvalue weighted by Gasteiger charge is 2.43. The number of carbonyl (C=O) groups is 2. The van der Waals surface area contributed by atoms with Crippen LogP contribution >= 0.6 is 27.5 Å². The summed E-state index contributed by atoms with van der Waals surface area (Å²) in [5.74, 6) is -2.53. The molecular formula is C22H17BrClN3O4. The van der Waals surface area contributed by atoms with E-state index in [-0.39, 0.29) is 22.7 Å². The second kappa shape index (κ2) is 9.25. The van der Waals surface area contributed by atoms with Crippen LogP contribution in [0.15, 0.2) is 75.7 Å². The van der Waals surface area contributed by atoms with Gasteiger partial charge in [0.2, 0.25) is 0 Å². The van der Waals surface area contributed by atoms with E-state index in [4.69, 9.17) is 26.8 Å². The van der Waals surface area contributed by atoms with Gasteiger partial charge in [0, 0.05) is 10.2 Å². The fraction of sp³-hybridized carbons (Fsp3) is 0.136. The number of nitrogens with zero attached hydrogens (tertiary/aromatic N) is 2. The molecule has 0 amide bonds. The molecule has 0 aromatic heterocycles. The number of hydrogen-bond donors (Lipinski definition) is 1. The molecule has 0 saturated carbocycles. The van der Waals surface area contributed by atoms with E-state index in [2.05, 4.69) is 22.0 Å². The third-order valence-electron chi connectivity index (χ3n) is 4.77. The molecule has 0 bridgehead atoms. The summed E-state index contributed by atoms with van der Waals surface area (Å²) in [6.07, 6.45) is 0. The third-order valence-corrected chi connectivity index (χ3v) is 5.99. The van der Waals surface area contributed by atoms with Gasteiger partial charge in [-0.25, -0.2) is 9.59 Å². The van der Waals surface area contributed by atoms with Gasteiger partial charge in [-0.05, 0) is 39.7 Å². The quantitative estimate of drug-likeness (QED) is 0.630. The van der Waals surface area contributed by atoms with Crippen LogP contribution in [-0.4, -0.2) is 26.2 Å². The lowest BCUT2D eigenvalue weighted by Gasteiger charge is -2.36. The highest BCUT2D eigenvalue weighted by Crippen LogP contribution is 2.43. The van der Waals surface area contributed by atoms with Crippen molar-refractivity contribution in [2.24, 2.45) is 5.73 Å². The SMILES string of the molecule is COC(=O)C1=C(C(=O)OC)N(c2ccc(Cl)c(Br)c2)C(N)=C(C#N)C1c1ccccc1. The van der Waals surface area contributed by atoms with Crippen molar-refractivity contribution >= 4 is 45.2 Å². The Kier molecular flexibility index (Phi) is 6.68. The van der Waals surface area contributed by atoms with Crippen molar-refractivity contribution < 1.29 is 19.1 Å². The Balaban J connectivity index is 2.41. The largest absolute Gasteiger partial charge is 0.466 e. The first kappa shape index (κ1) is 22.4. The van der Waals surface area contributed by atoms with Crippen LogP contribution in [0.2, 0.25) is 5.02 Å². The normalized spacial score (nSPS) is 16.1. The number of hydrogen-bond acceptors (Lipinski definition) is 7. The lowest BCUT2D eigenvalue weighted by molar-refractivity contribution is -0.139. The number of carbonyl (C=O) groups excluding carboxylic acids is 2. The van der Waals surface area contributed by atoms with Gasteiger partial charge in [-0.1, -0.05) is 41.9 Å². The maximum Gasteiger partial charge on any atom is 0.355 e. The average molecular weight is 503 g/mol. The summed E-state index contributed by atoms with van der Waals surface area (Å²) < 4.78 is 10.5. The van der Waals surface area contributed by atoms with E-state index in [1.165, 1.54) is 19.1 Å². The Morgan fingerprint density at radius 2 is 1.77 bits per heavy atom. The molecule has 1 atom stereocenters. The lowest BCUT2D eigenvalue weighted by atomic mass is 9.81. The maximum absolute atomic E-state index is 12.9. The zero-order chi connectivity index (χ0) is 22.7. The van der Waals surface area contributed by atoms with Crippen LogP contribution in [0.3, 0.4) is 0 Å². The van der Waals surface area contributed by atoms with E-state index in [9.17, 15) is 14.9 Å². The number of esters is 2. The lowest BCUT2D eigenvalue weighted by Crippen LogP contribution is -2.40. The van der Waals surface area contributed by atoms with E-state index < -0.39 is 17.9 Å². The van der Waals surface area contributed by atoms with Crippen molar-refractivity contribution in [3.05, 3.63) is 86.3 Å². The second-order valence-corrected chi connectivity index (χ2v) is 7.70. The molecule has 3 rings (SSSR count). The van der Waals surface area contributed by atoms with Crippen molar-refractivity contribution in [1.82, 2.24) is 0 Å². The average Bonchev–Trinajstić information content (AvgIpc) is 2.79. The monoisotopic (exact) mass is 501 g/mol. The van der Waals surface area contributed by atoms with Crippen LogP contribution < -0.4 is 10.6 Å². The summed E-state index contributed by atoms with van der Waals surface area (Å²) in [5.41, 5.74) is 7.29. The first-order valence-electron chi connectivity index (χ1n) is 8.96. The molecule has 9 heteroatoms. The van der Waals surface area contributed by atoms with Gasteiger partial charge in [-0.3, -0.25) is 4.90 Å². The van der Waals surface area contributed by atoms with Crippen molar-refractivity contribution in [2.75, 3.05) is 19.1 Å². The molecule has 0 radical (unpaired) electrons. The Morgan fingerprint density at radius 1 is 1.13 bits per heavy atom. The molecule has 2 aromatic rings. The number of allylic oxidation sites excluding steroid dienone is 1. The van der Waals surface area contributed by atoms with Crippen LogP contribution in [0, 0.1) is 11.3 Å². The van der Waals surface area contributed by atoms with E-state index in [1.807, 2.05) is 0 Å². The minimum atomic E-state index is -0.917. The molecular weight excluding hydrogens is 486 g/mol. The molecule has 2 aromatic carbocycles.